The maximum atomic E-state index is 12.4. The van der Waals surface area contributed by atoms with Gasteiger partial charge in [-0.1, -0.05) is 36.4 Å². The molecule has 1 unspecified atom stereocenters. The van der Waals surface area contributed by atoms with E-state index in [9.17, 15) is 33.3 Å². The quantitative estimate of drug-likeness (QED) is 0.249. The first-order valence-corrected chi connectivity index (χ1v) is 11.9. The number of hydrogen-bond donors (Lipinski definition) is 5. The smallest absolute Gasteiger partial charge is 0.508 e. The molecular formula is C28H31F3N2O5. The van der Waals surface area contributed by atoms with Gasteiger partial charge in [-0.05, 0) is 66.8 Å². The zero-order valence-corrected chi connectivity index (χ0v) is 21.0. The Labute approximate surface area is 218 Å². The van der Waals surface area contributed by atoms with Crippen LogP contribution < -0.4 is 15.4 Å². The third-order valence-corrected chi connectivity index (χ3v) is 5.73. The highest BCUT2D eigenvalue weighted by Crippen LogP contribution is 2.25. The summed E-state index contributed by atoms with van der Waals surface area (Å²) in [5, 5.41) is 35.8. The summed E-state index contributed by atoms with van der Waals surface area (Å²) < 4.78 is 40.7. The number of phenolic OH excluding ortho intramolecular Hbond substituents is 2. The Bertz CT molecular complexity index is 1210. The molecule has 3 aromatic carbocycles. The molecule has 0 aliphatic carbocycles. The number of amides is 1. The van der Waals surface area contributed by atoms with Crippen molar-refractivity contribution in [3.05, 3.63) is 89.0 Å². The van der Waals surface area contributed by atoms with E-state index in [1.165, 1.54) is 42.5 Å². The van der Waals surface area contributed by atoms with Crippen LogP contribution >= 0.6 is 0 Å². The minimum absolute atomic E-state index is 0.132. The summed E-state index contributed by atoms with van der Waals surface area (Å²) >= 11 is 0. The normalized spacial score (nSPS) is 12.7. The van der Waals surface area contributed by atoms with Crippen molar-refractivity contribution in [2.75, 3.05) is 6.54 Å². The van der Waals surface area contributed by atoms with Gasteiger partial charge >= 0.3 is 6.36 Å². The number of carbonyl (C=O) groups excluding carboxylic acids is 1. The monoisotopic (exact) mass is 532 g/mol. The number of β-amino-alcohol motifs (C(OH)–C–C–N with tert-alkyl or cyclic N) is 1. The van der Waals surface area contributed by atoms with Crippen molar-refractivity contribution >= 4 is 5.91 Å². The van der Waals surface area contributed by atoms with Crippen LogP contribution in [-0.4, -0.2) is 39.7 Å². The number of alkyl halides is 3. The standard InChI is InChI=1S/C28H31F3N2O5/c1-27(2,33-17-25(36)21-12-22(34)14-23(35)13-21)15-20-5-3-4-19(10-20)11-26(37)32-16-18-6-8-24(9-7-18)38-28(29,30)31/h3-10,12-14,25,33-36H,11,15-17H2,1-2H3,(H,32,37). The van der Waals surface area contributed by atoms with Crippen molar-refractivity contribution in [3.63, 3.8) is 0 Å². The van der Waals surface area contributed by atoms with Crippen LogP contribution in [0.4, 0.5) is 13.2 Å². The summed E-state index contributed by atoms with van der Waals surface area (Å²) in [5.41, 5.74) is 2.41. The molecule has 5 N–H and O–H groups in total. The SMILES string of the molecule is CC(C)(Cc1cccc(CC(=O)NCc2ccc(OC(F)(F)F)cc2)c1)NCC(O)c1cc(O)cc(O)c1. The number of aromatic hydroxyl groups is 2. The lowest BCUT2D eigenvalue weighted by molar-refractivity contribution is -0.274. The molecule has 0 saturated heterocycles. The molecule has 0 radical (unpaired) electrons. The molecule has 0 aliphatic heterocycles. The molecule has 0 bridgehead atoms. The number of aliphatic hydroxyl groups is 1. The summed E-state index contributed by atoms with van der Waals surface area (Å²) in [5.74, 6) is -0.817. The van der Waals surface area contributed by atoms with Gasteiger partial charge in [0, 0.05) is 24.7 Å². The average Bonchev–Trinajstić information content (AvgIpc) is 2.80. The van der Waals surface area contributed by atoms with E-state index in [1.54, 1.807) is 0 Å². The lowest BCUT2D eigenvalue weighted by Gasteiger charge is -2.28. The zero-order valence-electron chi connectivity index (χ0n) is 21.0. The summed E-state index contributed by atoms with van der Waals surface area (Å²) in [6.07, 6.45) is -4.95. The van der Waals surface area contributed by atoms with Gasteiger partial charge < -0.3 is 30.7 Å². The van der Waals surface area contributed by atoms with E-state index >= 15 is 0 Å². The van der Waals surface area contributed by atoms with Crippen LogP contribution in [0.3, 0.4) is 0 Å². The first-order valence-electron chi connectivity index (χ1n) is 11.9. The summed E-state index contributed by atoms with van der Waals surface area (Å²) in [6.45, 7) is 4.32. The maximum absolute atomic E-state index is 12.4. The van der Waals surface area contributed by atoms with Gasteiger partial charge in [0.15, 0.2) is 0 Å². The number of hydrogen-bond acceptors (Lipinski definition) is 6. The highest BCUT2D eigenvalue weighted by molar-refractivity contribution is 5.78. The molecule has 0 saturated carbocycles. The van der Waals surface area contributed by atoms with Crippen LogP contribution in [0.5, 0.6) is 17.2 Å². The van der Waals surface area contributed by atoms with Crippen LogP contribution in [0.1, 0.15) is 42.2 Å². The van der Waals surface area contributed by atoms with Crippen molar-refractivity contribution < 1.29 is 38.0 Å². The molecular weight excluding hydrogens is 501 g/mol. The van der Waals surface area contributed by atoms with Gasteiger partial charge in [-0.15, -0.1) is 13.2 Å². The van der Waals surface area contributed by atoms with Crippen molar-refractivity contribution in [3.8, 4) is 17.2 Å². The molecule has 0 heterocycles. The van der Waals surface area contributed by atoms with E-state index < -0.39 is 18.0 Å². The Morgan fingerprint density at radius 2 is 1.55 bits per heavy atom. The molecule has 0 aromatic heterocycles. The Hall–Kier alpha value is -3.76. The zero-order chi connectivity index (χ0) is 27.9. The number of phenols is 2. The predicted molar refractivity (Wildman–Crippen MR) is 136 cm³/mol. The number of rotatable bonds is 11. The van der Waals surface area contributed by atoms with Crippen molar-refractivity contribution in [2.24, 2.45) is 0 Å². The number of nitrogens with one attached hydrogen (secondary N) is 2. The average molecular weight is 533 g/mol. The Balaban J connectivity index is 1.50. The topological polar surface area (TPSA) is 111 Å². The van der Waals surface area contributed by atoms with Crippen molar-refractivity contribution in [1.29, 1.82) is 0 Å². The molecule has 0 fully saturated rings. The number of aliphatic hydroxyl groups excluding tert-OH is 1. The fourth-order valence-electron chi connectivity index (χ4n) is 3.98. The van der Waals surface area contributed by atoms with E-state index in [4.69, 9.17) is 0 Å². The molecule has 7 nitrogen and oxygen atoms in total. The van der Waals surface area contributed by atoms with Gasteiger partial charge in [-0.3, -0.25) is 4.79 Å². The second kappa shape index (κ2) is 12.2. The first kappa shape index (κ1) is 28.8. The lowest BCUT2D eigenvalue weighted by atomic mass is 9.93. The van der Waals surface area contributed by atoms with E-state index in [2.05, 4.69) is 15.4 Å². The van der Waals surface area contributed by atoms with Crippen LogP contribution in [-0.2, 0) is 24.2 Å². The third-order valence-electron chi connectivity index (χ3n) is 5.73. The van der Waals surface area contributed by atoms with Crippen LogP contribution in [0.2, 0.25) is 0 Å². The fourth-order valence-corrected chi connectivity index (χ4v) is 3.98. The van der Waals surface area contributed by atoms with E-state index in [0.29, 0.717) is 17.5 Å². The Morgan fingerprint density at radius 3 is 2.18 bits per heavy atom. The minimum atomic E-state index is -4.76. The molecule has 0 spiro atoms. The number of carbonyl (C=O) groups is 1. The Kier molecular flexibility index (Phi) is 9.24. The van der Waals surface area contributed by atoms with Gasteiger partial charge in [-0.2, -0.15) is 0 Å². The van der Waals surface area contributed by atoms with Gasteiger partial charge in [0.2, 0.25) is 5.91 Å². The second-order valence-corrected chi connectivity index (χ2v) is 9.71. The van der Waals surface area contributed by atoms with Crippen molar-refractivity contribution in [1.82, 2.24) is 10.6 Å². The highest BCUT2D eigenvalue weighted by Gasteiger charge is 2.31. The predicted octanol–water partition coefficient (Wildman–Crippen LogP) is 4.50. The first-order chi connectivity index (χ1) is 17.8. The molecule has 38 heavy (non-hydrogen) atoms. The largest absolute Gasteiger partial charge is 0.573 e. The molecule has 10 heteroatoms. The number of ether oxygens (including phenoxy) is 1. The van der Waals surface area contributed by atoms with E-state index in [0.717, 1.165) is 11.1 Å². The molecule has 3 aromatic rings. The minimum Gasteiger partial charge on any atom is -0.508 e. The molecule has 1 amide bonds. The van der Waals surface area contributed by atoms with E-state index in [1.807, 2.05) is 38.1 Å². The third kappa shape index (κ3) is 9.60. The number of benzene rings is 3. The lowest BCUT2D eigenvalue weighted by Crippen LogP contribution is -2.43. The maximum Gasteiger partial charge on any atom is 0.573 e. The highest BCUT2D eigenvalue weighted by atomic mass is 19.4. The molecule has 1 atom stereocenters. The second-order valence-electron chi connectivity index (χ2n) is 9.71. The van der Waals surface area contributed by atoms with Gasteiger partial charge in [0.25, 0.3) is 0 Å². The fraction of sp³-hybridized carbons (Fsp3) is 0.321. The van der Waals surface area contributed by atoms with Gasteiger partial charge in [0.05, 0.1) is 12.5 Å². The molecule has 204 valence electrons. The Morgan fingerprint density at radius 1 is 0.921 bits per heavy atom. The number of halogens is 3. The van der Waals surface area contributed by atoms with Crippen LogP contribution in [0.25, 0.3) is 0 Å². The van der Waals surface area contributed by atoms with Crippen LogP contribution in [0.15, 0.2) is 66.7 Å². The summed E-state index contributed by atoms with van der Waals surface area (Å²) in [4.78, 5) is 12.4. The summed E-state index contributed by atoms with van der Waals surface area (Å²) in [7, 11) is 0. The molecule has 3 rings (SSSR count). The summed E-state index contributed by atoms with van der Waals surface area (Å²) in [6, 6.07) is 16.8. The van der Waals surface area contributed by atoms with E-state index in [-0.39, 0.29) is 42.7 Å². The van der Waals surface area contributed by atoms with Crippen LogP contribution in [0, 0.1) is 0 Å². The van der Waals surface area contributed by atoms with Crippen molar-refractivity contribution in [2.45, 2.75) is 51.2 Å². The van der Waals surface area contributed by atoms with Gasteiger partial charge in [-0.25, -0.2) is 0 Å². The molecule has 0 aliphatic rings. The van der Waals surface area contributed by atoms with Gasteiger partial charge in [0.1, 0.15) is 17.2 Å².